The van der Waals surface area contributed by atoms with Crippen LogP contribution in [0.25, 0.3) is 0 Å². The van der Waals surface area contributed by atoms with Gasteiger partial charge in [-0.2, -0.15) is 0 Å². The summed E-state index contributed by atoms with van der Waals surface area (Å²) >= 11 is 0. The van der Waals surface area contributed by atoms with Crippen molar-refractivity contribution >= 4 is 5.97 Å². The zero-order valence-corrected chi connectivity index (χ0v) is 7.75. The van der Waals surface area contributed by atoms with Gasteiger partial charge in [0.05, 0.1) is 6.61 Å². The van der Waals surface area contributed by atoms with Gasteiger partial charge in [0.1, 0.15) is 0 Å². The van der Waals surface area contributed by atoms with Crippen LogP contribution in [0.2, 0.25) is 0 Å². The monoisotopic (exact) mass is 168 g/mol. The molecule has 12 heavy (non-hydrogen) atoms. The summed E-state index contributed by atoms with van der Waals surface area (Å²) in [6.07, 6.45) is 9.85. The molecular formula is C10H16O2. The van der Waals surface area contributed by atoms with Gasteiger partial charge in [-0.05, 0) is 12.8 Å². The molecule has 0 saturated heterocycles. The second kappa shape index (κ2) is 8.05. The lowest BCUT2D eigenvalue weighted by molar-refractivity contribution is -0.140. The van der Waals surface area contributed by atoms with Crippen molar-refractivity contribution in [3.63, 3.8) is 0 Å². The van der Waals surface area contributed by atoms with Gasteiger partial charge in [-0.25, -0.2) is 0 Å². The molecule has 2 heteroatoms. The molecule has 0 N–H and O–H groups in total. The van der Waals surface area contributed by atoms with Crippen LogP contribution in [0.4, 0.5) is 0 Å². The minimum absolute atomic E-state index is 0.215. The first-order valence-corrected chi connectivity index (χ1v) is 4.22. The van der Waals surface area contributed by atoms with E-state index < -0.39 is 0 Å². The third-order valence-electron chi connectivity index (χ3n) is 1.21. The molecule has 0 aliphatic carbocycles. The standard InChI is InChI=1S/C10H16O2/c1-3-4-5-6-7-8-9-12-10(2)11/h4-7H,3,8-9H2,1-2H3/b5-4-,7-6-. The van der Waals surface area contributed by atoms with E-state index in [-0.39, 0.29) is 5.97 Å². The summed E-state index contributed by atoms with van der Waals surface area (Å²) in [6.45, 7) is 3.98. The van der Waals surface area contributed by atoms with Crippen LogP contribution in [0.1, 0.15) is 26.7 Å². The molecule has 0 unspecified atom stereocenters. The van der Waals surface area contributed by atoms with Crippen molar-refractivity contribution in [2.24, 2.45) is 0 Å². The number of carbonyl (C=O) groups excluding carboxylic acids is 1. The Morgan fingerprint density at radius 1 is 1.33 bits per heavy atom. The summed E-state index contributed by atoms with van der Waals surface area (Å²) < 4.78 is 4.73. The highest BCUT2D eigenvalue weighted by Crippen LogP contribution is 1.88. The van der Waals surface area contributed by atoms with E-state index in [1.54, 1.807) is 0 Å². The molecule has 0 saturated carbocycles. The van der Waals surface area contributed by atoms with Crippen LogP contribution in [-0.4, -0.2) is 12.6 Å². The van der Waals surface area contributed by atoms with Crippen molar-refractivity contribution in [3.05, 3.63) is 24.3 Å². The summed E-state index contributed by atoms with van der Waals surface area (Å²) in [5.41, 5.74) is 0. The third-order valence-corrected chi connectivity index (χ3v) is 1.21. The van der Waals surface area contributed by atoms with Gasteiger partial charge in [0.2, 0.25) is 0 Å². The van der Waals surface area contributed by atoms with Crippen LogP contribution in [0.15, 0.2) is 24.3 Å². The van der Waals surface area contributed by atoms with Gasteiger partial charge in [0, 0.05) is 6.92 Å². The van der Waals surface area contributed by atoms with Crippen LogP contribution in [-0.2, 0) is 9.53 Å². The SMILES string of the molecule is CC/C=C\C=C/CCOC(C)=O. The highest BCUT2D eigenvalue weighted by Gasteiger charge is 1.87. The van der Waals surface area contributed by atoms with Crippen molar-refractivity contribution in [2.45, 2.75) is 26.7 Å². The molecule has 0 aromatic rings. The summed E-state index contributed by atoms with van der Waals surface area (Å²) in [7, 11) is 0. The van der Waals surface area contributed by atoms with E-state index in [2.05, 4.69) is 13.0 Å². The first-order chi connectivity index (χ1) is 5.77. The maximum atomic E-state index is 10.3. The van der Waals surface area contributed by atoms with E-state index in [1.165, 1.54) is 6.92 Å². The molecule has 2 nitrogen and oxygen atoms in total. The molecule has 0 aromatic heterocycles. The van der Waals surface area contributed by atoms with Gasteiger partial charge < -0.3 is 4.74 Å². The van der Waals surface area contributed by atoms with Crippen LogP contribution in [0.3, 0.4) is 0 Å². The van der Waals surface area contributed by atoms with E-state index in [1.807, 2.05) is 18.2 Å². The third kappa shape index (κ3) is 8.95. The molecular weight excluding hydrogens is 152 g/mol. The Labute approximate surface area is 73.9 Å². The molecule has 68 valence electrons. The predicted molar refractivity (Wildman–Crippen MR) is 49.8 cm³/mol. The maximum absolute atomic E-state index is 10.3. The van der Waals surface area contributed by atoms with Crippen LogP contribution >= 0.6 is 0 Å². The van der Waals surface area contributed by atoms with E-state index in [9.17, 15) is 4.79 Å². The molecule has 0 aliphatic rings. The highest BCUT2D eigenvalue weighted by atomic mass is 16.5. The normalized spacial score (nSPS) is 11.2. The molecule has 0 atom stereocenters. The second-order valence-electron chi connectivity index (χ2n) is 2.39. The summed E-state index contributed by atoms with van der Waals surface area (Å²) in [5, 5.41) is 0. The fourth-order valence-corrected chi connectivity index (χ4v) is 0.660. The molecule has 0 aromatic carbocycles. The van der Waals surface area contributed by atoms with Gasteiger partial charge in [-0.15, -0.1) is 0 Å². The summed E-state index contributed by atoms with van der Waals surface area (Å²) in [5.74, 6) is -0.215. The van der Waals surface area contributed by atoms with E-state index >= 15 is 0 Å². The zero-order chi connectivity index (χ0) is 9.23. The van der Waals surface area contributed by atoms with E-state index in [0.29, 0.717) is 6.61 Å². The lowest BCUT2D eigenvalue weighted by Gasteiger charge is -1.95. The maximum Gasteiger partial charge on any atom is 0.302 e. The number of allylic oxidation sites excluding steroid dienone is 3. The number of rotatable bonds is 5. The molecule has 0 spiro atoms. The predicted octanol–water partition coefficient (Wildman–Crippen LogP) is 2.46. The zero-order valence-electron chi connectivity index (χ0n) is 7.75. The van der Waals surface area contributed by atoms with Crippen LogP contribution in [0, 0.1) is 0 Å². The number of carbonyl (C=O) groups is 1. The van der Waals surface area contributed by atoms with Gasteiger partial charge in [0.25, 0.3) is 0 Å². The summed E-state index contributed by atoms with van der Waals surface area (Å²) in [6, 6.07) is 0. The fourth-order valence-electron chi connectivity index (χ4n) is 0.660. The number of hydrogen-bond donors (Lipinski definition) is 0. The van der Waals surface area contributed by atoms with Crippen molar-refractivity contribution < 1.29 is 9.53 Å². The van der Waals surface area contributed by atoms with Gasteiger partial charge >= 0.3 is 5.97 Å². The number of hydrogen-bond acceptors (Lipinski definition) is 2. The van der Waals surface area contributed by atoms with Crippen LogP contribution in [0.5, 0.6) is 0 Å². The van der Waals surface area contributed by atoms with Crippen LogP contribution < -0.4 is 0 Å². The van der Waals surface area contributed by atoms with Gasteiger partial charge in [-0.1, -0.05) is 31.2 Å². The number of ether oxygens (including phenoxy) is 1. The topological polar surface area (TPSA) is 26.3 Å². The molecule has 0 bridgehead atoms. The molecule has 0 aliphatic heterocycles. The lowest BCUT2D eigenvalue weighted by Crippen LogP contribution is -1.98. The summed E-state index contributed by atoms with van der Waals surface area (Å²) in [4.78, 5) is 10.3. The van der Waals surface area contributed by atoms with Gasteiger partial charge in [0.15, 0.2) is 0 Å². The Hall–Kier alpha value is -1.05. The Balaban J connectivity index is 3.24. The first kappa shape index (κ1) is 11.0. The van der Waals surface area contributed by atoms with Crippen molar-refractivity contribution in [3.8, 4) is 0 Å². The quantitative estimate of drug-likeness (QED) is 0.358. The Kier molecular flexibility index (Phi) is 7.35. The molecule has 0 fully saturated rings. The minimum Gasteiger partial charge on any atom is -0.466 e. The second-order valence-corrected chi connectivity index (χ2v) is 2.39. The molecule has 0 heterocycles. The van der Waals surface area contributed by atoms with E-state index in [0.717, 1.165) is 12.8 Å². The smallest absolute Gasteiger partial charge is 0.302 e. The number of esters is 1. The molecule has 0 amide bonds. The van der Waals surface area contributed by atoms with Crippen molar-refractivity contribution in [1.29, 1.82) is 0 Å². The molecule has 0 rings (SSSR count). The van der Waals surface area contributed by atoms with Gasteiger partial charge in [-0.3, -0.25) is 4.79 Å². The minimum atomic E-state index is -0.215. The Bertz CT molecular complexity index is 169. The Morgan fingerprint density at radius 3 is 2.58 bits per heavy atom. The fraction of sp³-hybridized carbons (Fsp3) is 0.500. The molecule has 0 radical (unpaired) electrons. The average Bonchev–Trinajstić information content (AvgIpc) is 2.02. The Morgan fingerprint density at radius 2 is 2.00 bits per heavy atom. The van der Waals surface area contributed by atoms with Crippen molar-refractivity contribution in [1.82, 2.24) is 0 Å². The largest absolute Gasteiger partial charge is 0.466 e. The lowest BCUT2D eigenvalue weighted by atomic mass is 10.3. The highest BCUT2D eigenvalue weighted by molar-refractivity contribution is 5.65. The first-order valence-electron chi connectivity index (χ1n) is 4.22. The average molecular weight is 168 g/mol. The van der Waals surface area contributed by atoms with Crippen molar-refractivity contribution in [2.75, 3.05) is 6.61 Å². The van der Waals surface area contributed by atoms with E-state index in [4.69, 9.17) is 4.74 Å².